The Balaban J connectivity index is 2.94. The second-order valence-electron chi connectivity index (χ2n) is 4.71. The van der Waals surface area contributed by atoms with Crippen LogP contribution >= 0.6 is 0 Å². The Bertz CT molecular complexity index is 619. The number of carbonyl (C=O) groups excluding carboxylic acids is 1. The molecule has 0 saturated carbocycles. The van der Waals surface area contributed by atoms with Crippen LogP contribution in [0.1, 0.15) is 24.2 Å². The van der Waals surface area contributed by atoms with Gasteiger partial charge in [0.05, 0.1) is 11.6 Å². The molecule has 0 aliphatic heterocycles. The number of amides is 1. The zero-order chi connectivity index (χ0) is 15.6. The number of H-pyrrole nitrogens is 1. The fourth-order valence-corrected chi connectivity index (χ4v) is 2.70. The number of carboxylic acid groups (broad SMARTS) is 1. The van der Waals surface area contributed by atoms with Crippen molar-refractivity contribution in [3.05, 3.63) is 11.8 Å². The molecular weight excluding hydrogens is 288 g/mol. The van der Waals surface area contributed by atoms with E-state index in [-0.39, 0.29) is 12.5 Å². The molecule has 20 heavy (non-hydrogen) atoms. The molecule has 0 aromatic carbocycles. The van der Waals surface area contributed by atoms with E-state index in [4.69, 9.17) is 5.11 Å². The molecule has 1 amide bonds. The summed E-state index contributed by atoms with van der Waals surface area (Å²) in [6.07, 6.45) is 0.904. The van der Waals surface area contributed by atoms with E-state index in [1.165, 1.54) is 7.05 Å². The minimum absolute atomic E-state index is 0.187. The van der Waals surface area contributed by atoms with Crippen molar-refractivity contribution in [2.24, 2.45) is 5.41 Å². The SMILES string of the molecule is CNC(=O)C(C)(C)CNS(=O)(=O)c1[nH]ncc1C(=O)O. The number of hydrogen-bond acceptors (Lipinski definition) is 5. The number of carbonyl (C=O) groups is 2. The summed E-state index contributed by atoms with van der Waals surface area (Å²) < 4.78 is 26.2. The van der Waals surface area contributed by atoms with Crippen LogP contribution in [0.3, 0.4) is 0 Å². The number of rotatable bonds is 6. The lowest BCUT2D eigenvalue weighted by molar-refractivity contribution is -0.128. The molecule has 1 aromatic rings. The summed E-state index contributed by atoms with van der Waals surface area (Å²) in [5, 5.41) is 16.3. The summed E-state index contributed by atoms with van der Waals surface area (Å²) in [6, 6.07) is 0. The summed E-state index contributed by atoms with van der Waals surface area (Å²) in [6.45, 7) is 2.92. The van der Waals surface area contributed by atoms with Crippen molar-refractivity contribution in [1.29, 1.82) is 0 Å². The standard InChI is InChI=1S/C10H16N4O5S/c1-10(2,9(17)11-3)5-13-20(18,19)7-6(8(15)16)4-12-14-7/h4,13H,5H2,1-3H3,(H,11,17)(H,12,14)(H,15,16). The maximum atomic E-state index is 12.0. The highest BCUT2D eigenvalue weighted by Gasteiger charge is 2.31. The molecule has 1 rings (SSSR count). The van der Waals surface area contributed by atoms with Gasteiger partial charge in [-0.3, -0.25) is 9.89 Å². The number of aromatic amines is 1. The first-order valence-corrected chi connectivity index (χ1v) is 7.08. The third-order valence-corrected chi connectivity index (χ3v) is 4.02. The first kappa shape index (κ1) is 16.1. The molecule has 1 heterocycles. The van der Waals surface area contributed by atoms with Gasteiger partial charge in [-0.2, -0.15) is 5.10 Å². The molecule has 9 nitrogen and oxygen atoms in total. The average molecular weight is 304 g/mol. The Morgan fingerprint density at radius 3 is 2.55 bits per heavy atom. The van der Waals surface area contributed by atoms with Crippen LogP contribution in [0.25, 0.3) is 0 Å². The number of aromatic carboxylic acids is 1. The molecule has 10 heteroatoms. The molecule has 4 N–H and O–H groups in total. The van der Waals surface area contributed by atoms with E-state index in [9.17, 15) is 18.0 Å². The molecule has 0 radical (unpaired) electrons. The van der Waals surface area contributed by atoms with Gasteiger partial charge in [-0.15, -0.1) is 0 Å². The van der Waals surface area contributed by atoms with E-state index < -0.39 is 32.0 Å². The summed E-state index contributed by atoms with van der Waals surface area (Å²) in [5.74, 6) is -1.76. The van der Waals surface area contributed by atoms with E-state index in [0.717, 1.165) is 6.20 Å². The summed E-state index contributed by atoms with van der Waals surface area (Å²) in [5.41, 5.74) is -1.44. The van der Waals surface area contributed by atoms with Gasteiger partial charge in [-0.05, 0) is 13.8 Å². The van der Waals surface area contributed by atoms with Gasteiger partial charge >= 0.3 is 5.97 Å². The molecule has 0 spiro atoms. The van der Waals surface area contributed by atoms with Crippen LogP contribution in [0.2, 0.25) is 0 Å². The summed E-state index contributed by atoms with van der Waals surface area (Å²) in [4.78, 5) is 22.4. The van der Waals surface area contributed by atoms with Crippen molar-refractivity contribution in [2.45, 2.75) is 18.9 Å². The van der Waals surface area contributed by atoms with Crippen LogP contribution in [-0.4, -0.2) is 49.2 Å². The quantitative estimate of drug-likeness (QED) is 0.540. The van der Waals surface area contributed by atoms with Crippen LogP contribution in [0.4, 0.5) is 0 Å². The number of hydrogen-bond donors (Lipinski definition) is 4. The van der Waals surface area contributed by atoms with E-state index in [1.807, 2.05) is 0 Å². The molecule has 112 valence electrons. The van der Waals surface area contributed by atoms with Gasteiger partial charge < -0.3 is 10.4 Å². The number of nitrogens with zero attached hydrogens (tertiary/aromatic N) is 1. The highest BCUT2D eigenvalue weighted by molar-refractivity contribution is 7.89. The largest absolute Gasteiger partial charge is 0.478 e. The van der Waals surface area contributed by atoms with Crippen molar-refractivity contribution < 1.29 is 23.1 Å². The van der Waals surface area contributed by atoms with Crippen LogP contribution in [0.15, 0.2) is 11.2 Å². The average Bonchev–Trinajstić information content (AvgIpc) is 2.85. The summed E-state index contributed by atoms with van der Waals surface area (Å²) >= 11 is 0. The summed E-state index contributed by atoms with van der Waals surface area (Å²) in [7, 11) is -2.66. The van der Waals surface area contributed by atoms with E-state index in [0.29, 0.717) is 0 Å². The van der Waals surface area contributed by atoms with E-state index in [2.05, 4.69) is 20.2 Å². The van der Waals surface area contributed by atoms with E-state index in [1.54, 1.807) is 13.8 Å². The highest BCUT2D eigenvalue weighted by atomic mass is 32.2. The minimum Gasteiger partial charge on any atom is -0.478 e. The number of sulfonamides is 1. The van der Waals surface area contributed by atoms with Gasteiger partial charge in [-0.1, -0.05) is 0 Å². The first-order valence-electron chi connectivity index (χ1n) is 5.60. The molecule has 1 aromatic heterocycles. The predicted molar refractivity (Wildman–Crippen MR) is 68.6 cm³/mol. The molecule has 0 saturated heterocycles. The molecule has 0 bridgehead atoms. The smallest absolute Gasteiger partial charge is 0.340 e. The van der Waals surface area contributed by atoms with Crippen LogP contribution < -0.4 is 10.0 Å². The van der Waals surface area contributed by atoms with Crippen LogP contribution in [0.5, 0.6) is 0 Å². The van der Waals surface area contributed by atoms with Crippen LogP contribution in [-0.2, 0) is 14.8 Å². The lowest BCUT2D eigenvalue weighted by atomic mass is 9.93. The van der Waals surface area contributed by atoms with Gasteiger partial charge in [0, 0.05) is 13.6 Å². The normalized spacial score (nSPS) is 12.2. The lowest BCUT2D eigenvalue weighted by Crippen LogP contribution is -2.43. The zero-order valence-electron chi connectivity index (χ0n) is 11.2. The van der Waals surface area contributed by atoms with Gasteiger partial charge in [0.2, 0.25) is 5.91 Å². The number of aromatic nitrogens is 2. The lowest BCUT2D eigenvalue weighted by Gasteiger charge is -2.22. The van der Waals surface area contributed by atoms with Crippen molar-refractivity contribution in [1.82, 2.24) is 20.2 Å². The van der Waals surface area contributed by atoms with E-state index >= 15 is 0 Å². The highest BCUT2D eigenvalue weighted by Crippen LogP contribution is 2.16. The maximum absolute atomic E-state index is 12.0. The monoisotopic (exact) mass is 304 g/mol. The topological polar surface area (TPSA) is 141 Å². The predicted octanol–water partition coefficient (Wildman–Crippen LogP) is -0.842. The van der Waals surface area contributed by atoms with Crippen molar-refractivity contribution in [2.75, 3.05) is 13.6 Å². The van der Waals surface area contributed by atoms with Crippen molar-refractivity contribution >= 4 is 21.9 Å². The Morgan fingerprint density at radius 2 is 2.05 bits per heavy atom. The molecule has 0 aliphatic rings. The second kappa shape index (κ2) is 5.59. The third-order valence-electron chi connectivity index (χ3n) is 2.65. The Morgan fingerprint density at radius 1 is 1.45 bits per heavy atom. The Hall–Kier alpha value is -1.94. The Labute approximate surface area is 115 Å². The van der Waals surface area contributed by atoms with Crippen LogP contribution in [0, 0.1) is 5.41 Å². The molecule has 0 unspecified atom stereocenters. The van der Waals surface area contributed by atoms with Gasteiger partial charge in [-0.25, -0.2) is 17.9 Å². The Kier molecular flexibility index (Phi) is 4.50. The number of carboxylic acids is 1. The minimum atomic E-state index is -4.10. The molecule has 0 fully saturated rings. The van der Waals surface area contributed by atoms with Crippen molar-refractivity contribution in [3.8, 4) is 0 Å². The van der Waals surface area contributed by atoms with Gasteiger partial charge in [0.25, 0.3) is 10.0 Å². The molecule has 0 aliphatic carbocycles. The van der Waals surface area contributed by atoms with Gasteiger partial charge in [0.1, 0.15) is 5.56 Å². The fraction of sp³-hybridized carbons (Fsp3) is 0.500. The second-order valence-corrected chi connectivity index (χ2v) is 6.41. The maximum Gasteiger partial charge on any atom is 0.340 e. The third kappa shape index (κ3) is 3.33. The zero-order valence-corrected chi connectivity index (χ0v) is 12.0. The van der Waals surface area contributed by atoms with Crippen molar-refractivity contribution in [3.63, 3.8) is 0 Å². The fourth-order valence-electron chi connectivity index (χ4n) is 1.40. The van der Waals surface area contributed by atoms with Gasteiger partial charge in [0.15, 0.2) is 5.03 Å². The first-order chi connectivity index (χ1) is 9.12. The molecule has 0 atom stereocenters. The molecular formula is C10H16N4O5S. The number of nitrogens with one attached hydrogen (secondary N) is 3.